The number of rotatable bonds is 6. The van der Waals surface area contributed by atoms with Crippen LogP contribution in [-0.2, 0) is 11.3 Å². The van der Waals surface area contributed by atoms with Gasteiger partial charge in [0.1, 0.15) is 6.54 Å². The van der Waals surface area contributed by atoms with Gasteiger partial charge in [0.25, 0.3) is 0 Å². The fourth-order valence-corrected chi connectivity index (χ4v) is 3.40. The van der Waals surface area contributed by atoms with Crippen molar-refractivity contribution in [2.75, 3.05) is 5.32 Å². The maximum atomic E-state index is 13.2. The van der Waals surface area contributed by atoms with Crippen molar-refractivity contribution in [2.45, 2.75) is 33.4 Å². The highest BCUT2D eigenvalue weighted by Crippen LogP contribution is 2.26. The molecule has 152 valence electrons. The first-order valence-electron chi connectivity index (χ1n) is 9.65. The Bertz CT molecular complexity index is 1240. The van der Waals surface area contributed by atoms with Crippen molar-refractivity contribution in [3.8, 4) is 0 Å². The molecular formula is C22H22N6O2. The second-order valence-electron chi connectivity index (χ2n) is 7.49. The molecule has 0 saturated carbocycles. The summed E-state index contributed by atoms with van der Waals surface area (Å²) in [5.74, 6) is -0.413. The van der Waals surface area contributed by atoms with Gasteiger partial charge in [0.15, 0.2) is 5.78 Å². The first-order valence-corrected chi connectivity index (χ1v) is 9.65. The molecule has 0 aliphatic rings. The Morgan fingerprint density at radius 3 is 2.67 bits per heavy atom. The van der Waals surface area contributed by atoms with Gasteiger partial charge in [-0.1, -0.05) is 0 Å². The number of carbonyl (C=O) groups is 2. The predicted octanol–water partition coefficient (Wildman–Crippen LogP) is 3.39. The fourth-order valence-electron chi connectivity index (χ4n) is 3.40. The van der Waals surface area contributed by atoms with Gasteiger partial charge >= 0.3 is 0 Å². The van der Waals surface area contributed by atoms with Crippen LogP contribution in [0.3, 0.4) is 0 Å². The van der Waals surface area contributed by atoms with E-state index in [9.17, 15) is 9.59 Å². The van der Waals surface area contributed by atoms with Crippen molar-refractivity contribution >= 4 is 28.3 Å². The number of pyridine rings is 2. The van der Waals surface area contributed by atoms with E-state index in [1.807, 2.05) is 19.2 Å². The molecule has 30 heavy (non-hydrogen) atoms. The molecule has 0 aromatic carbocycles. The molecule has 4 rings (SSSR count). The minimum atomic E-state index is -0.245. The number of carbonyl (C=O) groups excluding carboxylic acids is 2. The molecule has 4 aromatic rings. The quantitative estimate of drug-likeness (QED) is 0.499. The smallest absolute Gasteiger partial charge is 0.246 e. The first kappa shape index (κ1) is 19.5. The maximum absolute atomic E-state index is 13.2. The van der Waals surface area contributed by atoms with Crippen molar-refractivity contribution in [3.05, 3.63) is 72.2 Å². The summed E-state index contributed by atoms with van der Waals surface area (Å²) < 4.78 is 3.61. The summed E-state index contributed by atoms with van der Waals surface area (Å²) in [4.78, 5) is 33.8. The third-order valence-corrected chi connectivity index (χ3v) is 4.79. The molecule has 0 saturated heterocycles. The average Bonchev–Trinajstić information content (AvgIpc) is 3.31. The predicted molar refractivity (Wildman–Crippen MR) is 113 cm³/mol. The topological polar surface area (TPSA) is 94.7 Å². The number of aryl methyl sites for hydroxylation is 1. The van der Waals surface area contributed by atoms with Gasteiger partial charge in [-0.25, -0.2) is 0 Å². The Morgan fingerprint density at radius 1 is 1.10 bits per heavy atom. The van der Waals surface area contributed by atoms with E-state index < -0.39 is 0 Å². The highest BCUT2D eigenvalue weighted by Gasteiger charge is 2.19. The van der Waals surface area contributed by atoms with Crippen molar-refractivity contribution in [2.24, 2.45) is 0 Å². The van der Waals surface area contributed by atoms with E-state index in [1.165, 1.54) is 12.4 Å². The van der Waals surface area contributed by atoms with Gasteiger partial charge in [0.05, 0.1) is 23.6 Å². The summed E-state index contributed by atoms with van der Waals surface area (Å²) in [7, 11) is 0. The molecule has 4 aromatic heterocycles. The van der Waals surface area contributed by atoms with Crippen LogP contribution < -0.4 is 5.32 Å². The minimum Gasteiger partial charge on any atom is -0.344 e. The van der Waals surface area contributed by atoms with E-state index in [-0.39, 0.29) is 24.3 Å². The molecule has 0 bridgehead atoms. The molecular weight excluding hydrogens is 380 g/mol. The second kappa shape index (κ2) is 7.90. The molecule has 4 heterocycles. The number of amides is 1. The van der Waals surface area contributed by atoms with Crippen LogP contribution in [0.4, 0.5) is 5.69 Å². The van der Waals surface area contributed by atoms with Crippen LogP contribution in [0.2, 0.25) is 0 Å². The summed E-state index contributed by atoms with van der Waals surface area (Å²) in [5.41, 5.74) is 3.35. The van der Waals surface area contributed by atoms with Crippen LogP contribution in [0.15, 0.2) is 55.5 Å². The Hall–Kier alpha value is -3.81. The van der Waals surface area contributed by atoms with E-state index in [2.05, 4.69) is 38.8 Å². The Labute approximate surface area is 173 Å². The largest absolute Gasteiger partial charge is 0.344 e. The molecule has 1 amide bonds. The van der Waals surface area contributed by atoms with Crippen LogP contribution in [0.5, 0.6) is 0 Å². The lowest BCUT2D eigenvalue weighted by molar-refractivity contribution is -0.116. The second-order valence-corrected chi connectivity index (χ2v) is 7.49. The molecule has 8 heteroatoms. The van der Waals surface area contributed by atoms with Gasteiger partial charge in [-0.05, 0) is 38.5 Å². The Kier molecular flexibility index (Phi) is 5.14. The summed E-state index contributed by atoms with van der Waals surface area (Å²) >= 11 is 0. The number of ketones is 1. The molecule has 0 aliphatic heterocycles. The monoisotopic (exact) mass is 402 g/mol. The zero-order valence-electron chi connectivity index (χ0n) is 17.0. The number of hydrogen-bond acceptors (Lipinski definition) is 5. The van der Waals surface area contributed by atoms with Gasteiger partial charge in [0.2, 0.25) is 5.91 Å². The Balaban J connectivity index is 1.59. The van der Waals surface area contributed by atoms with Crippen molar-refractivity contribution < 1.29 is 9.59 Å². The van der Waals surface area contributed by atoms with Crippen LogP contribution in [0.1, 0.15) is 41.4 Å². The summed E-state index contributed by atoms with van der Waals surface area (Å²) in [6, 6.07) is 3.74. The van der Waals surface area contributed by atoms with Crippen LogP contribution in [0.25, 0.3) is 10.9 Å². The van der Waals surface area contributed by atoms with Crippen molar-refractivity contribution in [1.29, 1.82) is 0 Å². The van der Waals surface area contributed by atoms with E-state index in [0.717, 1.165) is 16.5 Å². The lowest BCUT2D eigenvalue weighted by Gasteiger charge is -2.08. The molecule has 0 unspecified atom stereocenters. The number of nitrogens with zero attached hydrogens (tertiary/aromatic N) is 5. The number of fused-ring (bicyclic) bond motifs is 1. The van der Waals surface area contributed by atoms with Crippen molar-refractivity contribution in [3.63, 3.8) is 0 Å². The first-order chi connectivity index (χ1) is 14.4. The van der Waals surface area contributed by atoms with Gasteiger partial charge < -0.3 is 9.88 Å². The zero-order chi connectivity index (χ0) is 21.3. The molecule has 0 aliphatic carbocycles. The number of nitrogens with one attached hydrogen (secondary N) is 1. The van der Waals surface area contributed by atoms with E-state index >= 15 is 0 Å². The van der Waals surface area contributed by atoms with Crippen LogP contribution in [0, 0.1) is 6.92 Å². The lowest BCUT2D eigenvalue weighted by Crippen LogP contribution is -2.19. The summed E-state index contributed by atoms with van der Waals surface area (Å²) in [6.07, 6.45) is 11.8. The summed E-state index contributed by atoms with van der Waals surface area (Å²) in [5, 5.41) is 7.67. The SMILES string of the molecule is Cc1cnn(CC(=O)Nc2cncc(C(=O)c3cn(C(C)C)c4ccncc34)c2)c1. The average molecular weight is 402 g/mol. The van der Waals surface area contributed by atoms with E-state index in [1.54, 1.807) is 35.5 Å². The standard InChI is InChI=1S/C22H22N6O2/c1-14(2)28-12-19(18-10-23-5-4-20(18)28)22(30)16-6-17(9-24-8-16)26-21(29)13-27-11-15(3)7-25-27/h4-12,14H,13H2,1-3H3,(H,26,29). The number of hydrogen-bond donors (Lipinski definition) is 1. The molecule has 8 nitrogen and oxygen atoms in total. The van der Waals surface area contributed by atoms with Gasteiger partial charge in [-0.3, -0.25) is 24.2 Å². The van der Waals surface area contributed by atoms with Gasteiger partial charge in [-0.15, -0.1) is 0 Å². The third kappa shape index (κ3) is 3.84. The normalized spacial score (nSPS) is 11.2. The molecule has 0 fully saturated rings. The minimum absolute atomic E-state index is 0.0829. The molecule has 0 spiro atoms. The fraction of sp³-hybridized carbons (Fsp3) is 0.227. The van der Waals surface area contributed by atoms with E-state index in [0.29, 0.717) is 16.8 Å². The highest BCUT2D eigenvalue weighted by atomic mass is 16.2. The molecule has 1 N–H and O–H groups in total. The molecule has 0 atom stereocenters. The third-order valence-electron chi connectivity index (χ3n) is 4.79. The van der Waals surface area contributed by atoms with Crippen molar-refractivity contribution in [1.82, 2.24) is 24.3 Å². The Morgan fingerprint density at radius 2 is 1.93 bits per heavy atom. The van der Waals surface area contributed by atoms with Gasteiger partial charge in [0, 0.05) is 53.5 Å². The zero-order valence-corrected chi connectivity index (χ0v) is 17.0. The number of anilines is 1. The maximum Gasteiger partial charge on any atom is 0.246 e. The van der Waals surface area contributed by atoms with Crippen LogP contribution in [-0.4, -0.2) is 36.0 Å². The van der Waals surface area contributed by atoms with E-state index in [4.69, 9.17) is 0 Å². The van der Waals surface area contributed by atoms with Gasteiger partial charge in [-0.2, -0.15) is 5.10 Å². The van der Waals surface area contributed by atoms with Crippen LogP contribution >= 0.6 is 0 Å². The highest BCUT2D eigenvalue weighted by molar-refractivity contribution is 6.16. The lowest BCUT2D eigenvalue weighted by atomic mass is 10.1. The number of aromatic nitrogens is 5. The summed E-state index contributed by atoms with van der Waals surface area (Å²) in [6.45, 7) is 6.12. The molecule has 0 radical (unpaired) electrons.